The van der Waals surface area contributed by atoms with Crippen molar-refractivity contribution in [2.45, 2.75) is 6.42 Å². The maximum absolute atomic E-state index is 12.2. The number of likely N-dealkylation sites (N-methyl/N-ethyl adjacent to an activating group) is 2. The third-order valence-electron chi connectivity index (χ3n) is 3.64. The molecule has 1 aromatic carbocycles. The number of nitrogens with one attached hydrogen (secondary N) is 1. The van der Waals surface area contributed by atoms with E-state index in [0.29, 0.717) is 24.5 Å². The van der Waals surface area contributed by atoms with Gasteiger partial charge in [0.1, 0.15) is 5.01 Å². The fourth-order valence-corrected chi connectivity index (χ4v) is 3.00. The van der Waals surface area contributed by atoms with E-state index >= 15 is 0 Å². The first kappa shape index (κ1) is 24.5. The van der Waals surface area contributed by atoms with Crippen LogP contribution in [0.1, 0.15) is 5.69 Å². The Bertz CT molecular complexity index is 698. The maximum atomic E-state index is 12.2. The molecule has 0 saturated carbocycles. The summed E-state index contributed by atoms with van der Waals surface area (Å²) in [6, 6.07) is 5.68. The Labute approximate surface area is 170 Å². The topological polar surface area (TPSA) is 63.7 Å². The van der Waals surface area contributed by atoms with Gasteiger partial charge in [-0.05, 0) is 25.2 Å². The van der Waals surface area contributed by atoms with Crippen LogP contribution >= 0.6 is 36.2 Å². The number of methoxy groups -OCH3 is 2. The van der Waals surface area contributed by atoms with E-state index < -0.39 is 0 Å². The van der Waals surface area contributed by atoms with Gasteiger partial charge >= 0.3 is 0 Å². The molecule has 0 spiro atoms. The van der Waals surface area contributed by atoms with Gasteiger partial charge in [-0.15, -0.1) is 36.2 Å². The predicted molar refractivity (Wildman–Crippen MR) is 110 cm³/mol. The molecule has 1 aromatic heterocycles. The molecule has 0 aliphatic carbocycles. The van der Waals surface area contributed by atoms with Gasteiger partial charge in [-0.2, -0.15) is 0 Å². The molecule has 6 nitrogen and oxygen atoms in total. The van der Waals surface area contributed by atoms with Crippen molar-refractivity contribution >= 4 is 42.1 Å². The lowest BCUT2D eigenvalue weighted by molar-refractivity contribution is -0.129. The van der Waals surface area contributed by atoms with Crippen molar-refractivity contribution in [2.75, 3.05) is 41.4 Å². The van der Waals surface area contributed by atoms with Gasteiger partial charge in [0.05, 0.1) is 26.3 Å². The average molecular weight is 422 g/mol. The van der Waals surface area contributed by atoms with Crippen LogP contribution in [0.3, 0.4) is 0 Å². The molecule has 1 N–H and O–H groups in total. The maximum Gasteiger partial charge on any atom is 0.228 e. The Morgan fingerprint density at radius 1 is 1.23 bits per heavy atom. The SMILES string of the molecule is CNCCN(C)C(=O)Cc1csc(-c2ccc(OC)c(OC)c2)n1.Cl.Cl. The molecule has 0 bridgehead atoms. The summed E-state index contributed by atoms with van der Waals surface area (Å²) >= 11 is 1.52. The van der Waals surface area contributed by atoms with Gasteiger partial charge in [-0.25, -0.2) is 4.98 Å². The van der Waals surface area contributed by atoms with E-state index in [1.807, 2.05) is 30.6 Å². The fraction of sp³-hybridized carbons (Fsp3) is 0.412. The second-order valence-electron chi connectivity index (χ2n) is 5.31. The van der Waals surface area contributed by atoms with Crippen LogP contribution in [-0.4, -0.2) is 57.2 Å². The number of hydrogen-bond acceptors (Lipinski definition) is 6. The van der Waals surface area contributed by atoms with E-state index in [9.17, 15) is 4.79 Å². The van der Waals surface area contributed by atoms with Gasteiger partial charge in [0.2, 0.25) is 5.91 Å². The monoisotopic (exact) mass is 421 g/mol. The van der Waals surface area contributed by atoms with Gasteiger partial charge < -0.3 is 19.7 Å². The van der Waals surface area contributed by atoms with Crippen molar-refractivity contribution < 1.29 is 14.3 Å². The van der Waals surface area contributed by atoms with E-state index in [0.717, 1.165) is 22.8 Å². The van der Waals surface area contributed by atoms with E-state index in [1.165, 1.54) is 11.3 Å². The highest BCUT2D eigenvalue weighted by Gasteiger charge is 2.13. The van der Waals surface area contributed by atoms with Gasteiger partial charge in [-0.1, -0.05) is 0 Å². The second kappa shape index (κ2) is 12.0. The van der Waals surface area contributed by atoms with Crippen LogP contribution in [0, 0.1) is 0 Å². The van der Waals surface area contributed by atoms with Gasteiger partial charge in [0, 0.05) is 31.1 Å². The zero-order valence-corrected chi connectivity index (χ0v) is 17.7. The molecule has 0 saturated heterocycles. The van der Waals surface area contributed by atoms with Crippen LogP contribution in [0.15, 0.2) is 23.6 Å². The Hall–Kier alpha value is -1.54. The van der Waals surface area contributed by atoms with Crippen molar-refractivity contribution in [3.05, 3.63) is 29.3 Å². The van der Waals surface area contributed by atoms with Crippen molar-refractivity contribution in [1.29, 1.82) is 0 Å². The number of carbonyl (C=O) groups excluding carboxylic acids is 1. The number of ether oxygens (including phenoxy) is 2. The largest absolute Gasteiger partial charge is 0.493 e. The van der Waals surface area contributed by atoms with Gasteiger partial charge in [0.25, 0.3) is 0 Å². The minimum Gasteiger partial charge on any atom is -0.493 e. The van der Waals surface area contributed by atoms with Crippen molar-refractivity contribution in [3.8, 4) is 22.1 Å². The first-order chi connectivity index (χ1) is 11.6. The molecule has 0 aliphatic heterocycles. The number of aromatic nitrogens is 1. The van der Waals surface area contributed by atoms with Crippen LogP contribution in [0.2, 0.25) is 0 Å². The number of thiazole rings is 1. The minimum absolute atomic E-state index is 0. The third kappa shape index (κ3) is 6.32. The van der Waals surface area contributed by atoms with Gasteiger partial charge in [-0.3, -0.25) is 4.79 Å². The number of rotatable bonds is 8. The third-order valence-corrected chi connectivity index (χ3v) is 4.58. The van der Waals surface area contributed by atoms with Crippen LogP contribution < -0.4 is 14.8 Å². The van der Waals surface area contributed by atoms with Crippen LogP contribution in [-0.2, 0) is 11.2 Å². The quantitative estimate of drug-likeness (QED) is 0.709. The molecule has 1 amide bonds. The smallest absolute Gasteiger partial charge is 0.228 e. The first-order valence-electron chi connectivity index (χ1n) is 7.64. The zero-order chi connectivity index (χ0) is 17.5. The highest BCUT2D eigenvalue weighted by molar-refractivity contribution is 7.13. The summed E-state index contributed by atoms with van der Waals surface area (Å²) in [6.07, 6.45) is 0.310. The van der Waals surface area contributed by atoms with E-state index in [1.54, 1.807) is 26.2 Å². The highest BCUT2D eigenvalue weighted by Crippen LogP contribution is 2.33. The lowest BCUT2D eigenvalue weighted by atomic mass is 10.2. The Morgan fingerprint density at radius 3 is 2.54 bits per heavy atom. The molecule has 0 aliphatic rings. The lowest BCUT2D eigenvalue weighted by Crippen LogP contribution is -2.33. The molecule has 0 radical (unpaired) electrons. The summed E-state index contributed by atoms with van der Waals surface area (Å²) in [5.74, 6) is 1.41. The second-order valence-corrected chi connectivity index (χ2v) is 6.17. The zero-order valence-electron chi connectivity index (χ0n) is 15.3. The number of benzene rings is 1. The summed E-state index contributed by atoms with van der Waals surface area (Å²) in [6.45, 7) is 1.46. The molecule has 9 heteroatoms. The Kier molecular flexibility index (Phi) is 11.2. The number of amides is 1. The first-order valence-corrected chi connectivity index (χ1v) is 8.52. The molecule has 0 unspecified atom stereocenters. The minimum atomic E-state index is 0. The molecule has 2 rings (SSSR count). The Morgan fingerprint density at radius 2 is 1.92 bits per heavy atom. The molecule has 1 heterocycles. The Balaban J connectivity index is 0.00000312. The van der Waals surface area contributed by atoms with Crippen LogP contribution in [0.5, 0.6) is 11.5 Å². The molecule has 146 valence electrons. The van der Waals surface area contributed by atoms with Gasteiger partial charge in [0.15, 0.2) is 11.5 Å². The van der Waals surface area contributed by atoms with E-state index in [4.69, 9.17) is 9.47 Å². The summed E-state index contributed by atoms with van der Waals surface area (Å²) in [4.78, 5) is 18.5. The molecule has 2 aromatic rings. The lowest BCUT2D eigenvalue weighted by Gasteiger charge is -2.16. The molecule has 26 heavy (non-hydrogen) atoms. The predicted octanol–water partition coefficient (Wildman–Crippen LogP) is 2.89. The highest BCUT2D eigenvalue weighted by atomic mass is 35.5. The number of halogens is 2. The summed E-state index contributed by atoms with van der Waals surface area (Å²) in [7, 11) is 6.89. The number of nitrogens with zero attached hydrogens (tertiary/aromatic N) is 2. The van der Waals surface area contributed by atoms with Crippen molar-refractivity contribution in [3.63, 3.8) is 0 Å². The number of carbonyl (C=O) groups is 1. The standard InChI is InChI=1S/C17H23N3O3S.2ClH/c1-18-7-8-20(2)16(21)10-13-11-24-17(19-13)12-5-6-14(22-3)15(9-12)23-4;;/h5-6,9,11,18H,7-8,10H2,1-4H3;2*1H. The summed E-state index contributed by atoms with van der Waals surface area (Å²) < 4.78 is 10.6. The number of hydrogen-bond donors (Lipinski definition) is 1. The summed E-state index contributed by atoms with van der Waals surface area (Å²) in [5.41, 5.74) is 1.73. The molecule has 0 fully saturated rings. The van der Waals surface area contributed by atoms with Crippen molar-refractivity contribution in [2.24, 2.45) is 0 Å². The van der Waals surface area contributed by atoms with Crippen LogP contribution in [0.25, 0.3) is 10.6 Å². The fourth-order valence-electron chi connectivity index (χ4n) is 2.18. The summed E-state index contributed by atoms with van der Waals surface area (Å²) in [5, 5.41) is 5.82. The molecular weight excluding hydrogens is 397 g/mol. The van der Waals surface area contributed by atoms with E-state index in [-0.39, 0.29) is 30.7 Å². The molecule has 0 atom stereocenters. The van der Waals surface area contributed by atoms with E-state index in [2.05, 4.69) is 10.3 Å². The average Bonchev–Trinajstić information content (AvgIpc) is 3.07. The normalized spacial score (nSPS) is 9.69. The van der Waals surface area contributed by atoms with Crippen molar-refractivity contribution in [1.82, 2.24) is 15.2 Å². The molecular formula is C17H25Cl2N3O3S. The van der Waals surface area contributed by atoms with Crippen LogP contribution in [0.4, 0.5) is 0 Å².